The molecule has 0 atom stereocenters. The number of nitrogens with two attached hydrogens (primary N) is 1. The molecule has 436 valence electrons. The van der Waals surface area contributed by atoms with Crippen LogP contribution in [0, 0.1) is 0 Å². The second-order valence-corrected chi connectivity index (χ2v) is 26.5. The van der Waals surface area contributed by atoms with E-state index >= 15 is 0 Å². The summed E-state index contributed by atoms with van der Waals surface area (Å²) in [5.41, 5.74) is 17.1. The number of amides is 1. The van der Waals surface area contributed by atoms with Crippen LogP contribution in [0.2, 0.25) is 0 Å². The second-order valence-electron chi connectivity index (χ2n) is 26.5. The number of rotatable bonds is 11. The van der Waals surface area contributed by atoms with Gasteiger partial charge in [0.2, 0.25) is 11.3 Å². The van der Waals surface area contributed by atoms with Gasteiger partial charge in [-0.25, -0.2) is 9.36 Å². The number of phenolic OH excluding ortho intramolecular Hbond substituents is 2. The van der Waals surface area contributed by atoms with Crippen LogP contribution in [0.5, 0.6) is 23.0 Å². The Bertz CT molecular complexity index is 4010. The maximum atomic E-state index is 13.6. The summed E-state index contributed by atoms with van der Waals surface area (Å²) in [6.45, 7) is 25.3. The van der Waals surface area contributed by atoms with Gasteiger partial charge in [-0.15, -0.1) is 10.2 Å². The van der Waals surface area contributed by atoms with Crippen molar-refractivity contribution in [2.45, 2.75) is 157 Å². The number of hydrogen-bond acceptors (Lipinski definition) is 13. The van der Waals surface area contributed by atoms with Crippen molar-refractivity contribution in [1.29, 1.82) is 0 Å². The molecule has 1 aliphatic carbocycles. The second kappa shape index (κ2) is 22.0. The minimum Gasteiger partial charge on any atom is -0.507 e. The molecule has 0 saturated carbocycles. The summed E-state index contributed by atoms with van der Waals surface area (Å²) in [4.78, 5) is 38.6. The molecular weight excluding hydrogens is 1060 g/mol. The number of ether oxygens (including phenoxy) is 2. The number of carboxylic acids is 1. The van der Waals surface area contributed by atoms with Gasteiger partial charge in [-0.05, 0) is 125 Å². The zero-order chi connectivity index (χ0) is 60.4. The van der Waals surface area contributed by atoms with E-state index in [1.165, 1.54) is 9.36 Å². The molecule has 17 nitrogen and oxygen atoms in total. The van der Waals surface area contributed by atoms with E-state index in [0.29, 0.717) is 78.5 Å². The number of anilines is 2. The number of hydrogen-bond donors (Lipinski definition) is 5. The number of carbonyl (C=O) groups is 2. The molecule has 9 aromatic rings. The highest BCUT2D eigenvalue weighted by Gasteiger charge is 2.29. The third-order valence-corrected chi connectivity index (χ3v) is 15.5. The smallest absolute Gasteiger partial charge is 0.325 e. The van der Waals surface area contributed by atoms with E-state index in [0.717, 1.165) is 44.5 Å². The lowest BCUT2D eigenvalue weighted by Crippen LogP contribution is -2.19. The van der Waals surface area contributed by atoms with Crippen LogP contribution in [0.3, 0.4) is 0 Å². The van der Waals surface area contributed by atoms with Gasteiger partial charge in [-0.1, -0.05) is 142 Å². The summed E-state index contributed by atoms with van der Waals surface area (Å²) < 4.78 is 22.5. The van der Waals surface area contributed by atoms with Gasteiger partial charge in [0, 0.05) is 37.1 Å². The summed E-state index contributed by atoms with van der Waals surface area (Å²) >= 11 is 0. The molecule has 3 heterocycles. The van der Waals surface area contributed by atoms with Crippen LogP contribution >= 0.6 is 0 Å². The van der Waals surface area contributed by atoms with E-state index in [4.69, 9.17) is 19.6 Å². The quantitative estimate of drug-likeness (QED) is 0.0598. The van der Waals surface area contributed by atoms with E-state index in [1.54, 1.807) is 48.8 Å². The Morgan fingerprint density at radius 2 is 0.917 bits per heavy atom. The van der Waals surface area contributed by atoms with Crippen molar-refractivity contribution in [2.75, 3.05) is 11.1 Å². The number of carboxylic acid groups (broad SMARTS) is 1. The molecular formula is C67H74N8O9. The molecule has 1 amide bonds. The highest BCUT2D eigenvalue weighted by atomic mass is 16.5. The molecule has 1 aliphatic rings. The molecule has 84 heavy (non-hydrogen) atoms. The fraction of sp³-hybridized carbons (Fsp3) is 0.358. The predicted molar refractivity (Wildman–Crippen MR) is 324 cm³/mol. The van der Waals surface area contributed by atoms with Gasteiger partial charge in [0.15, 0.2) is 0 Å². The SMILES string of the molecule is CC(C)(C)c1cc2c(O)c(c1)Cc1cc(C(C)(C)C)cc(c1OCc1cn(CC(=O)Nc3ccc4oc5ccc(N)cc5c(=O)c4c3)nn1)Cc1cc(C(C)(C)C)cc(c1O)Cc1cc(C(C)(C)C)cc(c1OCc1cn(CC(=O)O)nn1)C2. The van der Waals surface area contributed by atoms with Gasteiger partial charge in [-0.2, -0.15) is 0 Å². The number of benzene rings is 6. The van der Waals surface area contributed by atoms with E-state index in [9.17, 15) is 29.7 Å². The largest absolute Gasteiger partial charge is 0.507 e. The van der Waals surface area contributed by atoms with E-state index in [-0.39, 0.29) is 90.6 Å². The molecule has 10 rings (SSSR count). The number of aromatic nitrogens is 6. The van der Waals surface area contributed by atoms with Crippen LogP contribution in [0.4, 0.5) is 11.4 Å². The first-order valence-corrected chi connectivity index (χ1v) is 28.3. The van der Waals surface area contributed by atoms with Crippen LogP contribution in [-0.2, 0) is 83.2 Å². The Kier molecular flexibility index (Phi) is 15.2. The zero-order valence-corrected chi connectivity index (χ0v) is 49.9. The van der Waals surface area contributed by atoms with Crippen LogP contribution in [0.1, 0.15) is 161 Å². The summed E-state index contributed by atoms with van der Waals surface area (Å²) in [6.07, 6.45) is 4.30. The molecule has 0 fully saturated rings. The van der Waals surface area contributed by atoms with Crippen molar-refractivity contribution < 1.29 is 38.8 Å². The number of carbonyl (C=O) groups excluding carboxylic acids is 1. The normalized spacial score (nSPS) is 13.1. The van der Waals surface area contributed by atoms with Crippen LogP contribution in [0.15, 0.2) is 107 Å². The number of nitrogens with zero attached hydrogens (tertiary/aromatic N) is 6. The molecule has 6 N–H and O–H groups in total. The lowest BCUT2D eigenvalue weighted by atomic mass is 9.79. The Morgan fingerprint density at radius 3 is 1.31 bits per heavy atom. The van der Waals surface area contributed by atoms with Crippen molar-refractivity contribution in [2.24, 2.45) is 0 Å². The maximum absolute atomic E-state index is 13.6. The highest BCUT2D eigenvalue weighted by Crippen LogP contribution is 2.44. The minimum absolute atomic E-state index is 0.0180. The fourth-order valence-corrected chi connectivity index (χ4v) is 10.7. The summed E-state index contributed by atoms with van der Waals surface area (Å²) in [5.74, 6) is -0.0320. The fourth-order valence-electron chi connectivity index (χ4n) is 10.7. The van der Waals surface area contributed by atoms with Gasteiger partial charge in [0.25, 0.3) is 0 Å². The number of fused-ring (bicyclic) bond motifs is 10. The van der Waals surface area contributed by atoms with E-state index in [1.807, 2.05) is 0 Å². The number of aliphatic carboxylic acids is 1. The lowest BCUT2D eigenvalue weighted by molar-refractivity contribution is -0.138. The first-order chi connectivity index (χ1) is 39.4. The Morgan fingerprint density at radius 1 is 0.548 bits per heavy atom. The van der Waals surface area contributed by atoms with Crippen molar-refractivity contribution in [3.8, 4) is 23.0 Å². The van der Waals surface area contributed by atoms with Crippen LogP contribution < -0.4 is 26.0 Å². The first-order valence-electron chi connectivity index (χ1n) is 28.3. The van der Waals surface area contributed by atoms with Gasteiger partial charge < -0.3 is 40.3 Å². The van der Waals surface area contributed by atoms with Gasteiger partial charge in [0.05, 0.1) is 23.2 Å². The Hall–Kier alpha value is -8.99. The average molecular weight is 1140 g/mol. The number of aromatic hydroxyl groups is 2. The molecule has 0 aliphatic heterocycles. The van der Waals surface area contributed by atoms with Crippen molar-refractivity contribution >= 4 is 45.2 Å². The predicted octanol–water partition coefficient (Wildman–Crippen LogP) is 11.9. The van der Waals surface area contributed by atoms with Crippen molar-refractivity contribution in [3.05, 3.63) is 186 Å². The van der Waals surface area contributed by atoms with Crippen molar-refractivity contribution in [1.82, 2.24) is 30.0 Å². The summed E-state index contributed by atoms with van der Waals surface area (Å²) in [7, 11) is 0. The molecule has 0 radical (unpaired) electrons. The standard InChI is InChI=1S/C67H74N8O9/c1-64(2,3)45-21-37-17-41-25-47(66(7,8)9)26-42(62(41)82-35-51-31-74(72-70-51)33-57(76)69-50-14-16-56-54(30-50)61(81)53-29-49(68)13-15-55(53)84-56)18-38-22-46(65(4,5)6)24-40(60(38)80)20-44-28-48(67(10,11)12)27-43(19-39(23-45)59(37)79)63(44)83-36-52-32-75(73-71-52)34-58(77)78/h13-16,21-32,79-80H,17-20,33-36,68H2,1-12H3,(H,69,76)(H,77,78). The molecule has 8 bridgehead atoms. The summed E-state index contributed by atoms with van der Waals surface area (Å²) in [6, 6.07) is 26.7. The molecule has 0 spiro atoms. The first kappa shape index (κ1) is 58.2. The number of nitrogens with one attached hydrogen (secondary N) is 1. The maximum Gasteiger partial charge on any atom is 0.325 e. The van der Waals surface area contributed by atoms with Gasteiger partial charge in [-0.3, -0.25) is 14.4 Å². The zero-order valence-electron chi connectivity index (χ0n) is 49.9. The molecule has 3 aromatic heterocycles. The highest BCUT2D eigenvalue weighted by molar-refractivity contribution is 5.96. The van der Waals surface area contributed by atoms with Gasteiger partial charge >= 0.3 is 5.97 Å². The Labute approximate surface area is 488 Å². The molecule has 17 heteroatoms. The summed E-state index contributed by atoms with van der Waals surface area (Å²) in [5, 5.41) is 55.6. The molecule has 0 saturated heterocycles. The number of nitrogen functional groups attached to an aromatic ring is 1. The van der Waals surface area contributed by atoms with Crippen LogP contribution in [-0.4, -0.2) is 57.2 Å². The average Bonchev–Trinajstić information content (AvgIpc) is 1.72. The Balaban J connectivity index is 1.06. The minimum atomic E-state index is -1.05. The third-order valence-electron chi connectivity index (χ3n) is 15.5. The lowest BCUT2D eigenvalue weighted by Gasteiger charge is -2.28. The monoisotopic (exact) mass is 1130 g/mol. The van der Waals surface area contributed by atoms with E-state index < -0.39 is 11.9 Å². The third kappa shape index (κ3) is 12.6. The van der Waals surface area contributed by atoms with Gasteiger partial charge in [0.1, 0.15) is 71.9 Å². The molecule has 0 unspecified atom stereocenters. The molecule has 6 aromatic carbocycles. The topological polar surface area (TPSA) is 243 Å². The number of phenols is 2. The van der Waals surface area contributed by atoms with Crippen LogP contribution in [0.25, 0.3) is 21.9 Å². The van der Waals surface area contributed by atoms with Crippen molar-refractivity contribution in [3.63, 3.8) is 0 Å². The van der Waals surface area contributed by atoms with E-state index in [2.05, 4.69) is 158 Å².